The summed E-state index contributed by atoms with van der Waals surface area (Å²) in [6, 6.07) is 14.9. The van der Waals surface area contributed by atoms with Gasteiger partial charge in [0.2, 0.25) is 0 Å². The first-order valence-corrected chi connectivity index (χ1v) is 7.69. The molecule has 0 aromatic heterocycles. The number of carbonyl (C=O) groups is 1. The molecule has 1 atom stereocenters. The molecule has 0 spiro atoms. The second-order valence-electron chi connectivity index (χ2n) is 4.89. The summed E-state index contributed by atoms with van der Waals surface area (Å²) in [5.74, 6) is -0.370. The molecule has 0 saturated heterocycles. The first kappa shape index (κ1) is 15.4. The van der Waals surface area contributed by atoms with Crippen LogP contribution in [0, 0.1) is 0 Å². The number of nitrogens with zero attached hydrogens (tertiary/aromatic N) is 1. The molecule has 1 amide bonds. The van der Waals surface area contributed by atoms with Gasteiger partial charge in [0.05, 0.1) is 0 Å². The van der Waals surface area contributed by atoms with Gasteiger partial charge in [0.1, 0.15) is 0 Å². The fourth-order valence-electron chi connectivity index (χ4n) is 2.10. The molecule has 0 aliphatic heterocycles. The van der Waals surface area contributed by atoms with Gasteiger partial charge in [0.15, 0.2) is 0 Å². The molecule has 0 aliphatic carbocycles. The predicted octanol–water partition coefficient (Wildman–Crippen LogP) is 2.43. The van der Waals surface area contributed by atoms with Gasteiger partial charge in [-0.3, -0.25) is 9.00 Å². The summed E-state index contributed by atoms with van der Waals surface area (Å²) in [7, 11) is 3.29. The van der Waals surface area contributed by atoms with Crippen molar-refractivity contribution < 1.29 is 13.6 Å². The van der Waals surface area contributed by atoms with Gasteiger partial charge >= 0.3 is 0 Å². The van der Waals surface area contributed by atoms with Crippen molar-refractivity contribution >= 4 is 17.0 Å². The summed E-state index contributed by atoms with van der Waals surface area (Å²) in [5.41, 5.74) is 2.82. The van der Waals surface area contributed by atoms with E-state index in [1.807, 2.05) is 36.4 Å². The predicted molar refractivity (Wildman–Crippen MR) is 82.5 cm³/mol. The third-order valence-electron chi connectivity index (χ3n) is 3.12. The third kappa shape index (κ3) is 3.77. The van der Waals surface area contributed by atoms with E-state index in [-0.39, 0.29) is 11.7 Å². The van der Waals surface area contributed by atoms with Crippen molar-refractivity contribution in [2.75, 3.05) is 14.1 Å². The average Bonchev–Trinajstić information content (AvgIpc) is 2.46. The molecule has 0 N–H and O–H groups in total. The molecule has 2 rings (SSSR count). The molecule has 1 unspecified atom stereocenters. The van der Waals surface area contributed by atoms with E-state index in [9.17, 15) is 13.6 Å². The third-order valence-corrected chi connectivity index (χ3v) is 3.67. The van der Waals surface area contributed by atoms with Gasteiger partial charge in [-0.2, -0.15) is 0 Å². The maximum atomic E-state index is 12.1. The maximum Gasteiger partial charge on any atom is 0.253 e. The molecule has 4 nitrogen and oxygen atoms in total. The highest BCUT2D eigenvalue weighted by Crippen LogP contribution is 2.24. The molecule has 5 heteroatoms. The van der Waals surface area contributed by atoms with Crippen molar-refractivity contribution in [2.45, 2.75) is 5.75 Å². The normalized spacial score (nSPS) is 12.0. The summed E-state index contributed by atoms with van der Waals surface area (Å²) in [4.78, 5) is 13.6. The molecule has 2 aromatic rings. The van der Waals surface area contributed by atoms with E-state index in [0.717, 1.165) is 11.1 Å². The van der Waals surface area contributed by atoms with Crippen molar-refractivity contribution in [3.8, 4) is 11.1 Å². The Morgan fingerprint density at radius 3 is 2.33 bits per heavy atom. The Balaban J connectivity index is 2.49. The first-order chi connectivity index (χ1) is 9.99. The van der Waals surface area contributed by atoms with Gasteiger partial charge in [-0.15, -0.1) is 0 Å². The van der Waals surface area contributed by atoms with Crippen molar-refractivity contribution in [3.63, 3.8) is 0 Å². The van der Waals surface area contributed by atoms with E-state index in [1.165, 1.54) is 4.90 Å². The minimum absolute atomic E-state index is 0.171. The molecule has 0 bridgehead atoms. The van der Waals surface area contributed by atoms with Crippen molar-refractivity contribution in [2.24, 2.45) is 0 Å². The number of benzene rings is 2. The highest BCUT2D eigenvalue weighted by Gasteiger charge is 2.14. The average molecular weight is 302 g/mol. The monoisotopic (exact) mass is 302 g/mol. The van der Waals surface area contributed by atoms with Crippen LogP contribution in [0.2, 0.25) is 0 Å². The number of hydrogen-bond acceptors (Lipinski definition) is 3. The summed E-state index contributed by atoms with van der Waals surface area (Å²) < 4.78 is 22.1. The quantitative estimate of drug-likeness (QED) is 0.815. The first-order valence-electron chi connectivity index (χ1n) is 6.45. The number of hydrogen-bond donors (Lipinski definition) is 0. The van der Waals surface area contributed by atoms with Crippen molar-refractivity contribution in [1.29, 1.82) is 0 Å². The fraction of sp³-hybridized carbons (Fsp3) is 0.188. The molecule has 0 fully saturated rings. The molecule has 110 valence electrons. The zero-order valence-corrected chi connectivity index (χ0v) is 12.7. The van der Waals surface area contributed by atoms with E-state index in [4.69, 9.17) is 0 Å². The smallest absolute Gasteiger partial charge is 0.253 e. The van der Waals surface area contributed by atoms with Crippen LogP contribution in [0.4, 0.5) is 0 Å². The molecule has 0 heterocycles. The Morgan fingerprint density at radius 1 is 1.10 bits per heavy atom. The highest BCUT2D eigenvalue weighted by molar-refractivity contribution is 7.78. The largest absolute Gasteiger partial charge is 0.772 e. The van der Waals surface area contributed by atoms with E-state index >= 15 is 0 Å². The van der Waals surface area contributed by atoms with Crippen LogP contribution in [-0.4, -0.2) is 33.7 Å². The Kier molecular flexibility index (Phi) is 4.88. The summed E-state index contributed by atoms with van der Waals surface area (Å²) in [6.45, 7) is 0. The summed E-state index contributed by atoms with van der Waals surface area (Å²) in [5, 5.41) is 0. The van der Waals surface area contributed by atoms with Gasteiger partial charge < -0.3 is 9.45 Å². The van der Waals surface area contributed by atoms with Crippen LogP contribution in [0.1, 0.15) is 15.9 Å². The molecule has 0 aliphatic rings. The topological polar surface area (TPSA) is 60.4 Å². The zero-order chi connectivity index (χ0) is 15.4. The number of rotatable bonds is 4. The standard InChI is InChI=1S/C16H17NO3S/c1-17(2)16(18)15-9-8-13(10-14(15)11-21(19)20)12-6-4-3-5-7-12/h3-10H,11H2,1-2H3,(H,19,20)/p-1. The van der Waals surface area contributed by atoms with Gasteiger partial charge in [0.25, 0.3) is 5.91 Å². The Morgan fingerprint density at radius 2 is 1.76 bits per heavy atom. The van der Waals surface area contributed by atoms with Crippen LogP contribution in [-0.2, 0) is 16.8 Å². The zero-order valence-electron chi connectivity index (χ0n) is 11.9. The lowest BCUT2D eigenvalue weighted by atomic mass is 9.99. The maximum absolute atomic E-state index is 12.1. The molecule has 0 radical (unpaired) electrons. The van der Waals surface area contributed by atoms with Crippen LogP contribution in [0.3, 0.4) is 0 Å². The molecule has 2 aromatic carbocycles. The van der Waals surface area contributed by atoms with Crippen LogP contribution in [0.15, 0.2) is 48.5 Å². The molecular weight excluding hydrogens is 286 g/mol. The van der Waals surface area contributed by atoms with Gasteiger partial charge in [0, 0.05) is 25.4 Å². The van der Waals surface area contributed by atoms with Crippen molar-refractivity contribution in [3.05, 3.63) is 59.7 Å². The van der Waals surface area contributed by atoms with Crippen LogP contribution < -0.4 is 0 Å². The Bertz CT molecular complexity index is 668. The van der Waals surface area contributed by atoms with Crippen molar-refractivity contribution in [1.82, 2.24) is 4.90 Å². The highest BCUT2D eigenvalue weighted by atomic mass is 32.2. The van der Waals surface area contributed by atoms with Gasteiger partial charge in [-0.25, -0.2) is 0 Å². The molecule has 21 heavy (non-hydrogen) atoms. The van der Waals surface area contributed by atoms with E-state index in [0.29, 0.717) is 11.1 Å². The van der Waals surface area contributed by atoms with Crippen LogP contribution >= 0.6 is 0 Å². The Labute approximate surface area is 126 Å². The number of amides is 1. The lowest BCUT2D eigenvalue weighted by Gasteiger charge is -2.16. The lowest BCUT2D eigenvalue weighted by molar-refractivity contribution is 0.0827. The summed E-state index contributed by atoms with van der Waals surface area (Å²) >= 11 is -2.24. The lowest BCUT2D eigenvalue weighted by Crippen LogP contribution is -2.23. The minimum Gasteiger partial charge on any atom is -0.772 e. The van der Waals surface area contributed by atoms with E-state index in [1.54, 1.807) is 26.2 Å². The minimum atomic E-state index is -2.24. The Hall–Kier alpha value is -1.98. The second kappa shape index (κ2) is 6.65. The molecular formula is C16H16NO3S-. The summed E-state index contributed by atoms with van der Waals surface area (Å²) in [6.07, 6.45) is 0. The van der Waals surface area contributed by atoms with Gasteiger partial charge in [-0.1, -0.05) is 47.5 Å². The van der Waals surface area contributed by atoms with Crippen LogP contribution in [0.5, 0.6) is 0 Å². The number of carbonyl (C=O) groups excluding carboxylic acids is 1. The van der Waals surface area contributed by atoms with Crippen LogP contribution in [0.25, 0.3) is 11.1 Å². The van der Waals surface area contributed by atoms with E-state index < -0.39 is 11.1 Å². The molecule has 0 saturated carbocycles. The SMILES string of the molecule is CN(C)C(=O)c1ccc(-c2ccccc2)cc1CS(=O)[O-]. The fourth-order valence-corrected chi connectivity index (χ4v) is 2.59. The van der Waals surface area contributed by atoms with Gasteiger partial charge in [-0.05, 0) is 28.8 Å². The van der Waals surface area contributed by atoms with E-state index in [2.05, 4.69) is 0 Å². The second-order valence-corrected chi connectivity index (χ2v) is 5.78.